The van der Waals surface area contributed by atoms with Gasteiger partial charge in [0.15, 0.2) is 5.78 Å². The minimum absolute atomic E-state index is 0.199. The van der Waals surface area contributed by atoms with Crippen LogP contribution in [0.15, 0.2) is 42.5 Å². The van der Waals surface area contributed by atoms with Gasteiger partial charge >= 0.3 is 0 Å². The summed E-state index contributed by atoms with van der Waals surface area (Å²) in [6, 6.07) is 11.6. The van der Waals surface area contributed by atoms with Crippen molar-refractivity contribution in [1.29, 1.82) is 0 Å². The molecule has 0 amide bonds. The molecule has 0 radical (unpaired) electrons. The van der Waals surface area contributed by atoms with Gasteiger partial charge in [0.05, 0.1) is 0 Å². The number of rotatable bonds is 4. The average Bonchev–Trinajstić information content (AvgIpc) is 2.45. The van der Waals surface area contributed by atoms with Crippen molar-refractivity contribution in [3.8, 4) is 0 Å². The molecule has 0 atom stereocenters. The molecule has 0 aliphatic carbocycles. The summed E-state index contributed by atoms with van der Waals surface area (Å²) in [7, 11) is 0. The third-order valence-corrected chi connectivity index (χ3v) is 2.79. The highest BCUT2D eigenvalue weighted by atomic mass is 16.1. The van der Waals surface area contributed by atoms with Crippen molar-refractivity contribution in [3.63, 3.8) is 0 Å². The first kappa shape index (κ1) is 12.9. The van der Waals surface area contributed by atoms with Crippen LogP contribution in [-0.2, 0) is 0 Å². The lowest BCUT2D eigenvalue weighted by molar-refractivity contribution is 0.103. The number of aldehydes is 2. The van der Waals surface area contributed by atoms with Gasteiger partial charge in [-0.15, -0.1) is 0 Å². The van der Waals surface area contributed by atoms with Crippen LogP contribution >= 0.6 is 0 Å². The molecule has 0 N–H and O–H groups in total. The molecule has 0 spiro atoms. The molecule has 94 valence electrons. The first-order valence-corrected chi connectivity index (χ1v) is 5.81. The molecule has 19 heavy (non-hydrogen) atoms. The second kappa shape index (κ2) is 5.40. The monoisotopic (exact) mass is 252 g/mol. The first-order chi connectivity index (χ1) is 9.13. The molecule has 2 rings (SSSR count). The van der Waals surface area contributed by atoms with Gasteiger partial charge in [0.1, 0.15) is 12.6 Å². The quantitative estimate of drug-likeness (QED) is 0.621. The largest absolute Gasteiger partial charge is 0.298 e. The summed E-state index contributed by atoms with van der Waals surface area (Å²) in [5, 5.41) is 0. The average molecular weight is 252 g/mol. The summed E-state index contributed by atoms with van der Waals surface area (Å²) in [5.41, 5.74) is 2.51. The molecule has 3 nitrogen and oxygen atoms in total. The topological polar surface area (TPSA) is 51.2 Å². The zero-order valence-electron chi connectivity index (χ0n) is 10.4. The molecule has 0 aliphatic heterocycles. The Morgan fingerprint density at radius 1 is 0.895 bits per heavy atom. The van der Waals surface area contributed by atoms with E-state index < -0.39 is 0 Å². The van der Waals surface area contributed by atoms with E-state index >= 15 is 0 Å². The molecule has 0 unspecified atom stereocenters. The van der Waals surface area contributed by atoms with Gasteiger partial charge in [-0.2, -0.15) is 0 Å². The third kappa shape index (κ3) is 2.83. The smallest absolute Gasteiger partial charge is 0.193 e. The van der Waals surface area contributed by atoms with Crippen LogP contribution in [-0.4, -0.2) is 18.4 Å². The second-order valence-electron chi connectivity index (χ2n) is 4.32. The Morgan fingerprint density at radius 2 is 1.53 bits per heavy atom. The van der Waals surface area contributed by atoms with Crippen molar-refractivity contribution in [2.45, 2.75) is 6.92 Å². The van der Waals surface area contributed by atoms with Crippen molar-refractivity contribution >= 4 is 18.4 Å². The number of hydrogen-bond donors (Lipinski definition) is 0. The summed E-state index contributed by atoms with van der Waals surface area (Å²) < 4.78 is 0. The zero-order valence-corrected chi connectivity index (χ0v) is 10.4. The van der Waals surface area contributed by atoms with Crippen LogP contribution in [0.4, 0.5) is 0 Å². The maximum atomic E-state index is 12.3. The van der Waals surface area contributed by atoms with E-state index in [-0.39, 0.29) is 5.78 Å². The third-order valence-electron chi connectivity index (χ3n) is 2.79. The molecule has 0 bridgehead atoms. The van der Waals surface area contributed by atoms with Gasteiger partial charge in [-0.25, -0.2) is 0 Å². The van der Waals surface area contributed by atoms with Gasteiger partial charge < -0.3 is 0 Å². The molecule has 0 aromatic heterocycles. The Bertz CT molecular complexity index is 631. The fourth-order valence-corrected chi connectivity index (χ4v) is 1.90. The fraction of sp³-hybridized carbons (Fsp3) is 0.0625. The van der Waals surface area contributed by atoms with E-state index in [0.29, 0.717) is 34.8 Å². The highest BCUT2D eigenvalue weighted by Crippen LogP contribution is 2.14. The van der Waals surface area contributed by atoms with Gasteiger partial charge in [0.25, 0.3) is 0 Å². The maximum absolute atomic E-state index is 12.3. The summed E-state index contributed by atoms with van der Waals surface area (Å²) in [5.74, 6) is -0.199. The predicted octanol–water partition coefficient (Wildman–Crippen LogP) is 2.85. The zero-order chi connectivity index (χ0) is 13.8. The van der Waals surface area contributed by atoms with E-state index in [4.69, 9.17) is 0 Å². The molecular formula is C16H12O3. The molecule has 0 saturated heterocycles. The molecule has 2 aromatic rings. The van der Waals surface area contributed by atoms with Gasteiger partial charge in [-0.05, 0) is 31.2 Å². The van der Waals surface area contributed by atoms with E-state index in [9.17, 15) is 14.4 Å². The Hall–Kier alpha value is -2.55. The van der Waals surface area contributed by atoms with E-state index in [1.807, 2.05) is 13.0 Å². The lowest BCUT2D eigenvalue weighted by Gasteiger charge is -2.04. The van der Waals surface area contributed by atoms with Crippen molar-refractivity contribution < 1.29 is 14.4 Å². The molecule has 0 heterocycles. The Labute approximate surface area is 110 Å². The van der Waals surface area contributed by atoms with Gasteiger partial charge in [-0.1, -0.05) is 23.8 Å². The van der Waals surface area contributed by atoms with Crippen molar-refractivity contribution in [3.05, 3.63) is 70.3 Å². The molecule has 0 saturated carbocycles. The van der Waals surface area contributed by atoms with Crippen LogP contribution in [0.1, 0.15) is 42.2 Å². The number of benzene rings is 2. The highest BCUT2D eigenvalue weighted by molar-refractivity contribution is 6.10. The number of ketones is 1. The van der Waals surface area contributed by atoms with Gasteiger partial charge in [0.2, 0.25) is 0 Å². The minimum atomic E-state index is -0.199. The normalized spacial score (nSPS) is 9.95. The lowest BCUT2D eigenvalue weighted by Crippen LogP contribution is -2.03. The van der Waals surface area contributed by atoms with Gasteiger partial charge in [0, 0.05) is 22.3 Å². The van der Waals surface area contributed by atoms with Crippen LogP contribution in [0.3, 0.4) is 0 Å². The fourth-order valence-electron chi connectivity index (χ4n) is 1.90. The molecule has 0 aliphatic rings. The molecule has 2 aromatic carbocycles. The van der Waals surface area contributed by atoms with Crippen molar-refractivity contribution in [2.75, 3.05) is 0 Å². The maximum Gasteiger partial charge on any atom is 0.193 e. The summed E-state index contributed by atoms with van der Waals surface area (Å²) in [6.45, 7) is 1.90. The van der Waals surface area contributed by atoms with Crippen LogP contribution in [0, 0.1) is 6.92 Å². The van der Waals surface area contributed by atoms with Crippen molar-refractivity contribution in [2.24, 2.45) is 0 Å². The molecule has 0 fully saturated rings. The molecular weight excluding hydrogens is 240 g/mol. The summed E-state index contributed by atoms with van der Waals surface area (Å²) >= 11 is 0. The number of hydrogen-bond acceptors (Lipinski definition) is 3. The lowest BCUT2D eigenvalue weighted by atomic mass is 9.98. The van der Waals surface area contributed by atoms with Gasteiger partial charge in [-0.3, -0.25) is 14.4 Å². The van der Waals surface area contributed by atoms with E-state index in [2.05, 4.69) is 0 Å². The first-order valence-electron chi connectivity index (χ1n) is 5.81. The predicted molar refractivity (Wildman–Crippen MR) is 71.8 cm³/mol. The van der Waals surface area contributed by atoms with E-state index in [1.54, 1.807) is 18.2 Å². The van der Waals surface area contributed by atoms with Crippen LogP contribution < -0.4 is 0 Å². The van der Waals surface area contributed by atoms with Crippen molar-refractivity contribution in [1.82, 2.24) is 0 Å². The Balaban J connectivity index is 2.49. The standard InChI is InChI=1S/C16H12O3/c1-11-3-2-4-14(5-11)16(19)15-7-12(9-17)6-13(8-15)10-18/h2-10H,1H3. The second-order valence-corrected chi connectivity index (χ2v) is 4.32. The minimum Gasteiger partial charge on any atom is -0.298 e. The van der Waals surface area contributed by atoms with Crippen LogP contribution in [0.2, 0.25) is 0 Å². The van der Waals surface area contributed by atoms with Crippen LogP contribution in [0.5, 0.6) is 0 Å². The van der Waals surface area contributed by atoms with Crippen LogP contribution in [0.25, 0.3) is 0 Å². The SMILES string of the molecule is Cc1cccc(C(=O)c2cc(C=O)cc(C=O)c2)c1. The Kier molecular flexibility index (Phi) is 3.66. The summed E-state index contributed by atoms with van der Waals surface area (Å²) in [6.07, 6.45) is 1.25. The number of aryl methyl sites for hydroxylation is 1. The number of carbonyl (C=O) groups excluding carboxylic acids is 3. The molecule has 3 heteroatoms. The highest BCUT2D eigenvalue weighted by Gasteiger charge is 2.11. The number of carbonyl (C=O) groups is 3. The van der Waals surface area contributed by atoms with E-state index in [1.165, 1.54) is 18.2 Å². The Morgan fingerprint density at radius 3 is 2.05 bits per heavy atom. The summed E-state index contributed by atoms with van der Waals surface area (Å²) in [4.78, 5) is 33.9. The van der Waals surface area contributed by atoms with E-state index in [0.717, 1.165) is 5.56 Å².